The molecule has 0 aromatic carbocycles. The third kappa shape index (κ3) is 2.78. The molecular weight excluding hydrogens is 272 g/mol. The Bertz CT molecular complexity index is 1070. The summed E-state index contributed by atoms with van der Waals surface area (Å²) in [6.45, 7) is -4.18. The molecule has 0 aliphatic carbocycles. The Morgan fingerprint density at radius 3 is 2.71 bits per heavy atom. The van der Waals surface area contributed by atoms with Crippen molar-refractivity contribution in [3.8, 4) is 0 Å². The summed E-state index contributed by atoms with van der Waals surface area (Å²) in [7, 11) is 0. The van der Waals surface area contributed by atoms with Gasteiger partial charge in [-0.15, -0.1) is 0 Å². The number of hydrogen-bond donors (Lipinski definition) is 1. The van der Waals surface area contributed by atoms with E-state index in [1.165, 1.54) is 6.92 Å². The Balaban J connectivity index is 2.72. The van der Waals surface area contributed by atoms with Gasteiger partial charge in [-0.3, -0.25) is 13.9 Å². The molecule has 0 fully saturated rings. The van der Waals surface area contributed by atoms with Gasteiger partial charge in [0.15, 0.2) is 11.2 Å². The maximum atomic E-state index is 12.9. The number of aliphatic hydroxyl groups is 1. The molecule has 1 atom stereocenters. The van der Waals surface area contributed by atoms with E-state index in [0.29, 0.717) is 9.13 Å². The second-order valence-corrected chi connectivity index (χ2v) is 4.61. The zero-order chi connectivity index (χ0) is 23.4. The summed E-state index contributed by atoms with van der Waals surface area (Å²) < 4.78 is 70.0. The first kappa shape index (κ1) is 7.40. The maximum Gasteiger partial charge on any atom is 0.332 e. The normalized spacial score (nSPS) is 22.7. The molecule has 0 spiro atoms. The van der Waals surface area contributed by atoms with Crippen LogP contribution in [0.25, 0.3) is 11.2 Å². The molecule has 2 heterocycles. The number of fused-ring (bicyclic) bond motifs is 1. The van der Waals surface area contributed by atoms with Crippen LogP contribution in [0.4, 0.5) is 0 Å². The van der Waals surface area contributed by atoms with Crippen molar-refractivity contribution in [2.45, 2.75) is 45.7 Å². The minimum atomic E-state index is -3.06. The van der Waals surface area contributed by atoms with Crippen LogP contribution < -0.4 is 11.2 Å². The molecule has 0 saturated heterocycles. The monoisotopic (exact) mass is 303 g/mol. The highest BCUT2D eigenvalue weighted by Gasteiger charge is 2.16. The van der Waals surface area contributed by atoms with Gasteiger partial charge in [0, 0.05) is 31.5 Å². The van der Waals surface area contributed by atoms with Gasteiger partial charge in [0.05, 0.1) is 7.45 Å². The lowest BCUT2D eigenvalue weighted by Gasteiger charge is -2.09. The van der Waals surface area contributed by atoms with Crippen molar-refractivity contribution < 1.29 is 17.4 Å². The Labute approximate surface area is 135 Å². The van der Waals surface area contributed by atoms with Gasteiger partial charge in [0.2, 0.25) is 0 Å². The molecule has 0 aliphatic heterocycles. The lowest BCUT2D eigenvalue weighted by molar-refractivity contribution is 0.180. The summed E-state index contributed by atoms with van der Waals surface area (Å²) in [5.41, 5.74) is -3.50. The van der Waals surface area contributed by atoms with Gasteiger partial charge in [0.25, 0.3) is 5.56 Å². The van der Waals surface area contributed by atoms with Crippen LogP contribution in [0.2, 0.25) is 0 Å². The molecule has 0 unspecified atom stereocenters. The average molecular weight is 303 g/mol. The lowest BCUT2D eigenvalue weighted by Crippen LogP contribution is -2.39. The fourth-order valence-corrected chi connectivity index (χ4v) is 1.99. The topological polar surface area (TPSA) is 82.1 Å². The summed E-state index contributed by atoms with van der Waals surface area (Å²) >= 11 is 0. The molecule has 116 valence electrons. The second-order valence-electron chi connectivity index (χ2n) is 4.61. The van der Waals surface area contributed by atoms with Crippen LogP contribution in [-0.4, -0.2) is 29.9 Å². The number of aryl methyl sites for hydroxylation is 3. The molecule has 1 N–H and O–H groups in total. The molecule has 0 amide bonds. The van der Waals surface area contributed by atoms with E-state index in [9.17, 15) is 14.7 Å². The summed E-state index contributed by atoms with van der Waals surface area (Å²) in [6.07, 6.45) is -5.43. The molecule has 0 bridgehead atoms. The van der Waals surface area contributed by atoms with E-state index < -0.39 is 61.8 Å². The van der Waals surface area contributed by atoms with Crippen LogP contribution in [-0.2, 0) is 20.5 Å². The van der Waals surface area contributed by atoms with Gasteiger partial charge in [0.1, 0.15) is 5.82 Å². The third-order valence-corrected chi connectivity index (χ3v) is 3.05. The largest absolute Gasteiger partial charge is 0.393 e. The highest BCUT2D eigenvalue weighted by Crippen LogP contribution is 2.08. The van der Waals surface area contributed by atoms with Crippen LogP contribution in [0.5, 0.6) is 0 Å². The Kier molecular flexibility index (Phi) is 2.06. The number of aromatic nitrogens is 4. The van der Waals surface area contributed by atoms with Crippen molar-refractivity contribution >= 4 is 11.2 Å². The first-order chi connectivity index (χ1) is 13.3. The van der Waals surface area contributed by atoms with Gasteiger partial charge in [-0.25, -0.2) is 9.78 Å². The minimum Gasteiger partial charge on any atom is -0.393 e. The molecule has 0 saturated carbocycles. The van der Waals surface area contributed by atoms with Crippen LogP contribution >= 0.6 is 0 Å². The molecular formula is C14H22N4O3. The van der Waals surface area contributed by atoms with Gasteiger partial charge >= 0.3 is 5.69 Å². The van der Waals surface area contributed by atoms with Crippen LogP contribution in [0.1, 0.15) is 44.3 Å². The van der Waals surface area contributed by atoms with Crippen molar-refractivity contribution in [2.75, 3.05) is 0 Å². The summed E-state index contributed by atoms with van der Waals surface area (Å²) in [6, 6.07) is 0. The zero-order valence-electron chi connectivity index (χ0n) is 20.7. The smallest absolute Gasteiger partial charge is 0.332 e. The van der Waals surface area contributed by atoms with E-state index >= 15 is 0 Å². The van der Waals surface area contributed by atoms with Crippen molar-refractivity contribution in [3.05, 3.63) is 26.7 Å². The maximum absolute atomic E-state index is 12.9. The molecule has 21 heavy (non-hydrogen) atoms. The van der Waals surface area contributed by atoms with Gasteiger partial charge in [-0.1, -0.05) is 0 Å². The van der Waals surface area contributed by atoms with Gasteiger partial charge in [-0.05, 0) is 33.1 Å². The SMILES string of the molecule is [2H]C([2H])([2H])n1c(C)nc2c1c(=O)n(CCCC([2H])([2H])[C@]([2H])(C)O)c(=O)n2C([2H])([2H])[2H]. The van der Waals surface area contributed by atoms with Gasteiger partial charge < -0.3 is 9.67 Å². The fourth-order valence-electron chi connectivity index (χ4n) is 1.99. The quantitative estimate of drug-likeness (QED) is 0.861. The highest BCUT2D eigenvalue weighted by atomic mass is 16.3. The summed E-state index contributed by atoms with van der Waals surface area (Å²) in [4.78, 5) is 29.5. The third-order valence-electron chi connectivity index (χ3n) is 3.05. The molecule has 7 nitrogen and oxygen atoms in total. The van der Waals surface area contributed by atoms with E-state index in [0.717, 1.165) is 6.92 Å². The molecule has 2 rings (SSSR count). The van der Waals surface area contributed by atoms with E-state index in [1.54, 1.807) is 0 Å². The minimum absolute atomic E-state index is 0.182. The van der Waals surface area contributed by atoms with Crippen molar-refractivity contribution in [1.82, 2.24) is 18.7 Å². The Morgan fingerprint density at radius 2 is 2.10 bits per heavy atom. The summed E-state index contributed by atoms with van der Waals surface area (Å²) in [5, 5.41) is 9.58. The Hall–Kier alpha value is -1.89. The predicted octanol–water partition coefficient (Wildman–Crippen LogP) is 0.293. The zero-order valence-corrected chi connectivity index (χ0v) is 11.7. The average Bonchev–Trinajstić information content (AvgIpc) is 2.84. The van der Waals surface area contributed by atoms with Crippen LogP contribution in [0, 0.1) is 6.92 Å². The highest BCUT2D eigenvalue weighted by molar-refractivity contribution is 5.70. The summed E-state index contributed by atoms with van der Waals surface area (Å²) in [5.74, 6) is -0.182. The first-order valence-corrected chi connectivity index (χ1v) is 6.29. The van der Waals surface area contributed by atoms with Crippen molar-refractivity contribution in [2.24, 2.45) is 14.0 Å². The van der Waals surface area contributed by atoms with E-state index in [2.05, 4.69) is 4.98 Å². The molecule has 7 heteroatoms. The van der Waals surface area contributed by atoms with E-state index in [1.807, 2.05) is 0 Å². The molecule has 2 aromatic rings. The lowest BCUT2D eigenvalue weighted by atomic mass is 10.2. The first-order valence-electron chi connectivity index (χ1n) is 10.8. The van der Waals surface area contributed by atoms with E-state index in [-0.39, 0.29) is 16.8 Å². The van der Waals surface area contributed by atoms with Crippen molar-refractivity contribution in [3.63, 3.8) is 0 Å². The fraction of sp³-hybridized carbons (Fsp3) is 0.643. The second kappa shape index (κ2) is 5.85. The number of rotatable bonds is 5. The Morgan fingerprint density at radius 1 is 1.38 bits per heavy atom. The predicted molar refractivity (Wildman–Crippen MR) is 80.5 cm³/mol. The van der Waals surface area contributed by atoms with Crippen LogP contribution in [0.3, 0.4) is 0 Å². The van der Waals surface area contributed by atoms with Crippen molar-refractivity contribution in [1.29, 1.82) is 0 Å². The van der Waals surface area contributed by atoms with E-state index in [4.69, 9.17) is 12.3 Å². The number of hydrogen-bond acceptors (Lipinski definition) is 4. The molecule has 2 aromatic heterocycles. The molecule has 0 aliphatic rings. The molecule has 0 radical (unpaired) electrons. The van der Waals surface area contributed by atoms with Crippen LogP contribution in [0.15, 0.2) is 9.59 Å². The number of nitrogens with zero attached hydrogens (tertiary/aromatic N) is 4. The van der Waals surface area contributed by atoms with Gasteiger partial charge in [-0.2, -0.15) is 0 Å². The standard InChI is InChI=1S/C14H22N4O3/c1-9(19)7-5-6-8-18-13(20)11-12(17(4)14(18)21)15-10(2)16(11)3/h9,19H,5-8H2,1-4H3/t9-/m0/s1/i3D3,4D3,7D2,9D. The number of imidazole rings is 1.